The highest BCUT2D eigenvalue weighted by molar-refractivity contribution is 5.98. The van der Waals surface area contributed by atoms with Gasteiger partial charge >= 0.3 is 5.97 Å². The Balaban J connectivity index is 2.24. The summed E-state index contributed by atoms with van der Waals surface area (Å²) in [7, 11) is 2.88. The Hall–Kier alpha value is -2.73. The van der Waals surface area contributed by atoms with Gasteiger partial charge in [0.2, 0.25) is 0 Å². The normalized spacial score (nSPS) is 19.5. The van der Waals surface area contributed by atoms with Crippen LogP contribution in [-0.2, 0) is 10.5 Å². The van der Waals surface area contributed by atoms with Crippen molar-refractivity contribution in [2.75, 3.05) is 14.2 Å². The number of phenolic OH excluding ortho intramolecular Hbond substituents is 1. The summed E-state index contributed by atoms with van der Waals surface area (Å²) in [5.74, 6) is -2.34. The van der Waals surface area contributed by atoms with Crippen molar-refractivity contribution in [2.45, 2.75) is 5.79 Å². The molecule has 0 amide bonds. The maximum atomic E-state index is 12.1. The molecule has 2 N–H and O–H groups in total. The van der Waals surface area contributed by atoms with Crippen LogP contribution in [0.5, 0.6) is 17.2 Å². The zero-order valence-corrected chi connectivity index (χ0v) is 12.0. The third-order valence-corrected chi connectivity index (χ3v) is 3.62. The van der Waals surface area contributed by atoms with Crippen LogP contribution in [0, 0.1) is 0 Å². The van der Waals surface area contributed by atoms with Gasteiger partial charge in [-0.1, -0.05) is 12.1 Å². The van der Waals surface area contributed by atoms with Crippen LogP contribution in [0.25, 0.3) is 0 Å². The predicted octanol–water partition coefficient (Wildman–Crippen LogP) is 1.77. The lowest BCUT2D eigenvalue weighted by atomic mass is 9.94. The first kappa shape index (κ1) is 14.2. The zero-order valence-electron chi connectivity index (χ0n) is 12.0. The monoisotopic (exact) mass is 302 g/mol. The summed E-state index contributed by atoms with van der Waals surface area (Å²) in [5.41, 5.74) is 0.363. The maximum Gasteiger partial charge on any atom is 0.345 e. The Morgan fingerprint density at radius 3 is 2.55 bits per heavy atom. The van der Waals surface area contributed by atoms with Crippen LogP contribution in [0.3, 0.4) is 0 Å². The van der Waals surface area contributed by atoms with Crippen molar-refractivity contribution in [2.24, 2.45) is 0 Å². The van der Waals surface area contributed by atoms with Crippen molar-refractivity contribution >= 4 is 5.97 Å². The van der Waals surface area contributed by atoms with Gasteiger partial charge in [-0.3, -0.25) is 0 Å². The van der Waals surface area contributed by atoms with E-state index in [2.05, 4.69) is 0 Å². The number of fused-ring (bicyclic) bond motifs is 1. The van der Waals surface area contributed by atoms with Crippen LogP contribution < -0.4 is 9.47 Å². The van der Waals surface area contributed by atoms with Gasteiger partial charge in [-0.15, -0.1) is 0 Å². The van der Waals surface area contributed by atoms with Crippen molar-refractivity contribution in [3.05, 3.63) is 53.1 Å². The van der Waals surface area contributed by atoms with Gasteiger partial charge in [0.15, 0.2) is 0 Å². The Morgan fingerprint density at radius 2 is 1.86 bits per heavy atom. The molecule has 2 aromatic rings. The number of hydrogen-bond acceptors (Lipinski definition) is 6. The van der Waals surface area contributed by atoms with Gasteiger partial charge in [-0.25, -0.2) is 4.79 Å². The number of cyclic esters (lactones) is 1. The van der Waals surface area contributed by atoms with Gasteiger partial charge in [0.25, 0.3) is 5.79 Å². The number of hydrogen-bond donors (Lipinski definition) is 2. The van der Waals surface area contributed by atoms with Gasteiger partial charge in [0, 0.05) is 5.56 Å². The largest absolute Gasteiger partial charge is 0.507 e. The van der Waals surface area contributed by atoms with Crippen LogP contribution in [0.15, 0.2) is 36.4 Å². The molecule has 1 atom stereocenters. The van der Waals surface area contributed by atoms with Crippen molar-refractivity contribution in [3.8, 4) is 17.2 Å². The summed E-state index contributed by atoms with van der Waals surface area (Å²) in [6.07, 6.45) is 0. The molecule has 1 heterocycles. The number of rotatable bonds is 3. The van der Waals surface area contributed by atoms with Crippen molar-refractivity contribution < 1.29 is 29.2 Å². The lowest BCUT2D eigenvalue weighted by Crippen LogP contribution is -2.27. The fourth-order valence-electron chi connectivity index (χ4n) is 2.55. The Kier molecular flexibility index (Phi) is 3.18. The fourth-order valence-corrected chi connectivity index (χ4v) is 2.55. The molecule has 3 rings (SSSR count). The van der Waals surface area contributed by atoms with Crippen LogP contribution in [0.2, 0.25) is 0 Å². The van der Waals surface area contributed by atoms with Crippen molar-refractivity contribution in [1.29, 1.82) is 0 Å². The fraction of sp³-hybridized carbons (Fsp3) is 0.188. The summed E-state index contributed by atoms with van der Waals surface area (Å²) in [4.78, 5) is 12.1. The van der Waals surface area contributed by atoms with E-state index in [0.717, 1.165) is 0 Å². The smallest absolute Gasteiger partial charge is 0.345 e. The molecule has 6 nitrogen and oxygen atoms in total. The lowest BCUT2D eigenvalue weighted by Gasteiger charge is -2.24. The molecule has 0 saturated carbocycles. The first-order valence-electron chi connectivity index (χ1n) is 6.52. The molecule has 2 aromatic carbocycles. The second-order valence-corrected chi connectivity index (χ2v) is 4.80. The highest BCUT2D eigenvalue weighted by Crippen LogP contribution is 2.46. The number of carbonyl (C=O) groups excluding carboxylic acids is 1. The van der Waals surface area contributed by atoms with Gasteiger partial charge in [-0.05, 0) is 24.3 Å². The first-order chi connectivity index (χ1) is 10.5. The van der Waals surface area contributed by atoms with Crippen LogP contribution >= 0.6 is 0 Å². The number of carbonyl (C=O) groups is 1. The summed E-state index contributed by atoms with van der Waals surface area (Å²) in [5, 5.41) is 20.9. The first-order valence-corrected chi connectivity index (χ1v) is 6.52. The minimum atomic E-state index is -2.10. The number of esters is 1. The summed E-state index contributed by atoms with van der Waals surface area (Å²) in [6.45, 7) is 0. The molecule has 22 heavy (non-hydrogen) atoms. The molecule has 0 bridgehead atoms. The number of benzene rings is 2. The predicted molar refractivity (Wildman–Crippen MR) is 76.1 cm³/mol. The molecule has 1 aliphatic rings. The van der Waals surface area contributed by atoms with E-state index >= 15 is 0 Å². The Morgan fingerprint density at radius 1 is 1.09 bits per heavy atom. The van der Waals surface area contributed by atoms with E-state index in [1.165, 1.54) is 32.4 Å². The molecule has 114 valence electrons. The average molecular weight is 302 g/mol. The van der Waals surface area contributed by atoms with Gasteiger partial charge in [0.05, 0.1) is 19.8 Å². The second kappa shape index (κ2) is 4.92. The molecule has 1 unspecified atom stereocenters. The highest BCUT2D eigenvalue weighted by atomic mass is 16.7. The van der Waals surface area contributed by atoms with E-state index < -0.39 is 11.8 Å². The quantitative estimate of drug-likeness (QED) is 0.841. The van der Waals surface area contributed by atoms with Crippen LogP contribution in [0.4, 0.5) is 0 Å². The molecule has 0 fully saturated rings. The van der Waals surface area contributed by atoms with E-state index in [4.69, 9.17) is 14.2 Å². The molecular formula is C16H14O6. The van der Waals surface area contributed by atoms with Crippen LogP contribution in [-0.4, -0.2) is 30.4 Å². The minimum absolute atomic E-state index is 0.0206. The number of phenols is 1. The van der Waals surface area contributed by atoms with Gasteiger partial charge in [-0.2, -0.15) is 0 Å². The average Bonchev–Trinajstić information content (AvgIpc) is 2.80. The summed E-state index contributed by atoms with van der Waals surface area (Å²) in [6, 6.07) is 9.07. The zero-order chi connectivity index (χ0) is 15.9. The van der Waals surface area contributed by atoms with E-state index in [1.54, 1.807) is 18.2 Å². The van der Waals surface area contributed by atoms with Gasteiger partial charge < -0.3 is 24.4 Å². The second-order valence-electron chi connectivity index (χ2n) is 4.80. The number of methoxy groups -OCH3 is 2. The van der Waals surface area contributed by atoms with Crippen LogP contribution in [0.1, 0.15) is 21.5 Å². The van der Waals surface area contributed by atoms with E-state index in [-0.39, 0.29) is 22.4 Å². The molecule has 0 radical (unpaired) electrons. The molecule has 0 saturated heterocycles. The van der Waals surface area contributed by atoms with E-state index in [1.807, 2.05) is 0 Å². The Bertz CT molecular complexity index is 754. The lowest BCUT2D eigenvalue weighted by molar-refractivity contribution is -0.130. The Labute approximate surface area is 126 Å². The number of ether oxygens (including phenoxy) is 3. The topological polar surface area (TPSA) is 85.2 Å². The summed E-state index contributed by atoms with van der Waals surface area (Å²) < 4.78 is 15.4. The minimum Gasteiger partial charge on any atom is -0.507 e. The van der Waals surface area contributed by atoms with Crippen molar-refractivity contribution in [3.63, 3.8) is 0 Å². The molecule has 0 aliphatic carbocycles. The molecule has 6 heteroatoms. The molecule has 0 aromatic heterocycles. The summed E-state index contributed by atoms with van der Waals surface area (Å²) >= 11 is 0. The standard InChI is InChI=1S/C16H14O6/c1-20-9-6-7-12(17)11(8-9)16(19)10-4-3-5-13(21-2)14(10)15(18)22-16/h3-8,17,19H,1-2H3. The number of aromatic hydroxyl groups is 1. The highest BCUT2D eigenvalue weighted by Gasteiger charge is 2.49. The maximum absolute atomic E-state index is 12.1. The van der Waals surface area contributed by atoms with E-state index in [0.29, 0.717) is 11.5 Å². The SMILES string of the molecule is COc1ccc(O)c(C2(O)OC(=O)c3c(OC)cccc32)c1. The molecule has 1 aliphatic heterocycles. The van der Waals surface area contributed by atoms with E-state index in [9.17, 15) is 15.0 Å². The third-order valence-electron chi connectivity index (χ3n) is 3.62. The van der Waals surface area contributed by atoms with Gasteiger partial charge in [0.1, 0.15) is 22.8 Å². The molecule has 0 spiro atoms. The third kappa shape index (κ3) is 1.88. The number of aliphatic hydroxyl groups is 1. The van der Waals surface area contributed by atoms with Crippen molar-refractivity contribution in [1.82, 2.24) is 0 Å². The molecular weight excluding hydrogens is 288 g/mol.